The van der Waals surface area contributed by atoms with Gasteiger partial charge in [0.2, 0.25) is 0 Å². The molecule has 20 heavy (non-hydrogen) atoms. The predicted molar refractivity (Wildman–Crippen MR) is 76.7 cm³/mol. The Morgan fingerprint density at radius 1 is 1.45 bits per heavy atom. The Kier molecular flexibility index (Phi) is 3.21. The number of fused-ring (bicyclic) bond motifs is 3. The van der Waals surface area contributed by atoms with E-state index >= 15 is 0 Å². The topological polar surface area (TPSA) is 47.6 Å². The van der Waals surface area contributed by atoms with E-state index in [1.807, 2.05) is 26.0 Å². The van der Waals surface area contributed by atoms with E-state index in [4.69, 9.17) is 9.47 Å². The summed E-state index contributed by atoms with van der Waals surface area (Å²) in [6.07, 6.45) is 0.753. The summed E-state index contributed by atoms with van der Waals surface area (Å²) in [4.78, 5) is 12.2. The number of carbonyl (C=O) groups is 1. The van der Waals surface area contributed by atoms with Crippen molar-refractivity contribution in [2.45, 2.75) is 37.8 Å². The van der Waals surface area contributed by atoms with E-state index in [9.17, 15) is 4.79 Å². The van der Waals surface area contributed by atoms with Crippen molar-refractivity contribution >= 4 is 11.7 Å². The number of carbonyl (C=O) groups excluding carboxylic acids is 1. The number of ether oxygens (including phenoxy) is 2. The highest BCUT2D eigenvalue weighted by atomic mass is 16.5. The van der Waals surface area contributed by atoms with Crippen molar-refractivity contribution in [3.8, 4) is 0 Å². The molecule has 0 radical (unpaired) electrons. The average Bonchev–Trinajstić information content (AvgIpc) is 2.95. The van der Waals surface area contributed by atoms with Gasteiger partial charge >= 0.3 is 5.97 Å². The van der Waals surface area contributed by atoms with Gasteiger partial charge in [-0.05, 0) is 31.9 Å². The molecule has 0 amide bonds. The molecule has 1 aromatic rings. The Hall–Kier alpha value is -1.55. The van der Waals surface area contributed by atoms with Crippen molar-refractivity contribution in [1.82, 2.24) is 0 Å². The van der Waals surface area contributed by atoms with Crippen molar-refractivity contribution < 1.29 is 14.3 Å². The van der Waals surface area contributed by atoms with Crippen molar-refractivity contribution in [2.24, 2.45) is 5.92 Å². The third-order valence-corrected chi connectivity index (χ3v) is 4.85. The third-order valence-electron chi connectivity index (χ3n) is 4.85. The Morgan fingerprint density at radius 2 is 2.20 bits per heavy atom. The molecule has 4 nitrogen and oxygen atoms in total. The fraction of sp³-hybridized carbons (Fsp3) is 0.562. The lowest BCUT2D eigenvalue weighted by molar-refractivity contribution is -0.157. The SMILES string of the molecule is CCOC(=O)C1C[C@H]2Nc3ccccc3[C@H]2C1(C)OC. The van der Waals surface area contributed by atoms with E-state index in [2.05, 4.69) is 17.4 Å². The number of benzene rings is 1. The second kappa shape index (κ2) is 4.77. The molecule has 4 heteroatoms. The van der Waals surface area contributed by atoms with Crippen LogP contribution < -0.4 is 5.32 Å². The fourth-order valence-electron chi connectivity index (χ4n) is 3.85. The molecule has 0 saturated heterocycles. The van der Waals surface area contributed by atoms with Gasteiger partial charge in [-0.2, -0.15) is 0 Å². The second-order valence-electron chi connectivity index (χ2n) is 5.74. The van der Waals surface area contributed by atoms with E-state index in [1.54, 1.807) is 7.11 Å². The zero-order chi connectivity index (χ0) is 14.3. The molecule has 0 bridgehead atoms. The molecule has 0 spiro atoms. The summed E-state index contributed by atoms with van der Waals surface area (Å²) < 4.78 is 11.0. The zero-order valence-electron chi connectivity index (χ0n) is 12.2. The van der Waals surface area contributed by atoms with Gasteiger partial charge in [-0.15, -0.1) is 0 Å². The summed E-state index contributed by atoms with van der Waals surface area (Å²) in [5.41, 5.74) is 1.89. The lowest BCUT2D eigenvalue weighted by Crippen LogP contribution is -2.42. The molecule has 1 heterocycles. The predicted octanol–water partition coefficient (Wildman–Crippen LogP) is 2.55. The van der Waals surface area contributed by atoms with Crippen LogP contribution in [-0.2, 0) is 14.3 Å². The number of hydrogen-bond donors (Lipinski definition) is 1. The van der Waals surface area contributed by atoms with Crippen molar-refractivity contribution in [3.05, 3.63) is 29.8 Å². The number of rotatable bonds is 3. The first kappa shape index (κ1) is 13.4. The van der Waals surface area contributed by atoms with Crippen LogP contribution in [0.4, 0.5) is 5.69 Å². The number of anilines is 1. The molecule has 0 aromatic heterocycles. The van der Waals surface area contributed by atoms with Gasteiger partial charge in [-0.25, -0.2) is 0 Å². The van der Waals surface area contributed by atoms with Crippen molar-refractivity contribution in [3.63, 3.8) is 0 Å². The molecule has 1 N–H and O–H groups in total. The van der Waals surface area contributed by atoms with E-state index in [1.165, 1.54) is 5.56 Å². The standard InChI is InChI=1S/C16H21NO3/c1-4-20-15(18)11-9-13-14(16(11,2)19-3)10-7-5-6-8-12(10)17-13/h5-8,11,13-14,17H,4,9H2,1-3H3/t11?,13-,14-,16?/m1/s1. The summed E-state index contributed by atoms with van der Waals surface area (Å²) in [5, 5.41) is 3.53. The van der Waals surface area contributed by atoms with E-state index in [0.717, 1.165) is 12.1 Å². The smallest absolute Gasteiger partial charge is 0.311 e. The van der Waals surface area contributed by atoms with Crippen LogP contribution in [0.15, 0.2) is 24.3 Å². The summed E-state index contributed by atoms with van der Waals surface area (Å²) in [5.74, 6) is -0.174. The maximum absolute atomic E-state index is 12.2. The van der Waals surface area contributed by atoms with E-state index in [0.29, 0.717) is 6.61 Å². The van der Waals surface area contributed by atoms with Gasteiger partial charge in [0.1, 0.15) is 0 Å². The van der Waals surface area contributed by atoms with Gasteiger partial charge in [0.25, 0.3) is 0 Å². The minimum atomic E-state index is -0.517. The number of para-hydroxylation sites is 1. The average molecular weight is 275 g/mol. The number of methoxy groups -OCH3 is 1. The highest BCUT2D eigenvalue weighted by Crippen LogP contribution is 2.55. The van der Waals surface area contributed by atoms with Gasteiger partial charge in [-0.3, -0.25) is 4.79 Å². The maximum atomic E-state index is 12.2. The van der Waals surface area contributed by atoms with Crippen molar-refractivity contribution in [1.29, 1.82) is 0 Å². The van der Waals surface area contributed by atoms with Gasteiger partial charge in [0, 0.05) is 24.8 Å². The minimum Gasteiger partial charge on any atom is -0.466 e. The molecular weight excluding hydrogens is 254 g/mol. The second-order valence-corrected chi connectivity index (χ2v) is 5.74. The molecule has 4 atom stereocenters. The minimum absolute atomic E-state index is 0.148. The van der Waals surface area contributed by atoms with E-state index < -0.39 is 5.60 Å². The first-order valence-corrected chi connectivity index (χ1v) is 7.19. The van der Waals surface area contributed by atoms with Crippen LogP contribution in [0, 0.1) is 5.92 Å². The Bertz CT molecular complexity index is 530. The van der Waals surface area contributed by atoms with Gasteiger partial charge in [0.15, 0.2) is 0 Å². The molecule has 3 rings (SSSR count). The molecule has 1 aliphatic carbocycles. The third kappa shape index (κ3) is 1.74. The first-order valence-electron chi connectivity index (χ1n) is 7.19. The highest BCUT2D eigenvalue weighted by Gasteiger charge is 2.59. The molecular formula is C16H21NO3. The quantitative estimate of drug-likeness (QED) is 0.861. The molecule has 1 fully saturated rings. The number of esters is 1. The Balaban J connectivity index is 1.97. The van der Waals surface area contributed by atoms with Crippen LogP contribution in [0.2, 0.25) is 0 Å². The molecule has 1 aromatic carbocycles. The Morgan fingerprint density at radius 3 is 2.90 bits per heavy atom. The molecule has 108 valence electrons. The van der Waals surface area contributed by atoms with Crippen LogP contribution in [0.3, 0.4) is 0 Å². The van der Waals surface area contributed by atoms with Crippen LogP contribution in [-0.4, -0.2) is 31.3 Å². The number of nitrogens with one attached hydrogen (secondary N) is 1. The molecule has 2 unspecified atom stereocenters. The molecule has 1 aliphatic heterocycles. The molecule has 2 aliphatic rings. The van der Waals surface area contributed by atoms with Crippen molar-refractivity contribution in [2.75, 3.05) is 19.0 Å². The summed E-state index contributed by atoms with van der Waals surface area (Å²) >= 11 is 0. The van der Waals surface area contributed by atoms with Gasteiger partial charge in [0.05, 0.1) is 18.1 Å². The summed E-state index contributed by atoms with van der Waals surface area (Å²) in [7, 11) is 1.69. The summed E-state index contributed by atoms with van der Waals surface area (Å²) in [6.45, 7) is 4.28. The lowest BCUT2D eigenvalue weighted by Gasteiger charge is -2.34. The van der Waals surface area contributed by atoms with Crippen LogP contribution in [0.1, 0.15) is 31.7 Å². The Labute approximate surface area is 119 Å². The zero-order valence-corrected chi connectivity index (χ0v) is 12.2. The van der Waals surface area contributed by atoms with E-state index in [-0.39, 0.29) is 23.8 Å². The monoisotopic (exact) mass is 275 g/mol. The first-order chi connectivity index (χ1) is 9.61. The maximum Gasteiger partial charge on any atom is 0.311 e. The fourth-order valence-corrected chi connectivity index (χ4v) is 3.85. The molecule has 1 saturated carbocycles. The normalized spacial score (nSPS) is 34.2. The summed E-state index contributed by atoms with van der Waals surface area (Å²) in [6, 6.07) is 8.52. The number of hydrogen-bond acceptors (Lipinski definition) is 4. The van der Waals surface area contributed by atoms with Crippen LogP contribution in [0.25, 0.3) is 0 Å². The van der Waals surface area contributed by atoms with Crippen LogP contribution >= 0.6 is 0 Å². The largest absolute Gasteiger partial charge is 0.466 e. The van der Waals surface area contributed by atoms with Crippen LogP contribution in [0.5, 0.6) is 0 Å². The van der Waals surface area contributed by atoms with Gasteiger partial charge in [-0.1, -0.05) is 18.2 Å². The lowest BCUT2D eigenvalue weighted by atomic mass is 9.81. The highest BCUT2D eigenvalue weighted by molar-refractivity contribution is 5.77. The van der Waals surface area contributed by atoms with Gasteiger partial charge < -0.3 is 14.8 Å².